The Hall–Kier alpha value is -3.48. The zero-order valence-corrected chi connectivity index (χ0v) is 18.6. The summed E-state index contributed by atoms with van der Waals surface area (Å²) in [5, 5.41) is 9.66. The molecule has 2 amide bonds. The van der Waals surface area contributed by atoms with E-state index >= 15 is 0 Å². The molecule has 7 nitrogen and oxygen atoms in total. The third-order valence-corrected chi connectivity index (χ3v) is 6.22. The van der Waals surface area contributed by atoms with Gasteiger partial charge in [-0.05, 0) is 68.9 Å². The highest BCUT2D eigenvalue weighted by atomic mass is 16.5. The van der Waals surface area contributed by atoms with Crippen molar-refractivity contribution >= 4 is 17.5 Å². The third kappa shape index (κ3) is 4.56. The molecule has 166 valence electrons. The Balaban J connectivity index is 1.50. The van der Waals surface area contributed by atoms with Crippen molar-refractivity contribution in [2.24, 2.45) is 5.92 Å². The molecule has 1 fully saturated rings. The maximum atomic E-state index is 13.2. The van der Waals surface area contributed by atoms with E-state index in [4.69, 9.17) is 4.52 Å². The molecule has 0 aliphatic heterocycles. The maximum absolute atomic E-state index is 13.2. The van der Waals surface area contributed by atoms with Gasteiger partial charge < -0.3 is 15.2 Å². The number of carbonyl (C=O) groups excluding carboxylic acids is 2. The van der Waals surface area contributed by atoms with E-state index in [0.29, 0.717) is 16.9 Å². The topological polar surface area (TPSA) is 97.1 Å². The first-order valence-corrected chi connectivity index (χ1v) is 11.0. The number of nitrogens with one attached hydrogen (secondary N) is 2. The van der Waals surface area contributed by atoms with Gasteiger partial charge in [-0.25, -0.2) is 0 Å². The Bertz CT molecular complexity index is 1090. The van der Waals surface area contributed by atoms with Crippen molar-refractivity contribution < 1.29 is 14.1 Å². The van der Waals surface area contributed by atoms with Crippen molar-refractivity contribution in [3.8, 4) is 11.1 Å². The normalized spacial score (nSPS) is 14.8. The fraction of sp³-hybridized carbons (Fsp3) is 0.360. The number of hydrogen-bond acceptors (Lipinski definition) is 5. The van der Waals surface area contributed by atoms with E-state index in [1.165, 1.54) is 6.26 Å². The standard InChI is InChI=1S/C25H28N4O3/c1-15-12-13-26-17(3)22(15)18-8-10-20(11-9-18)27-25(31)23(19-6-4-5-7-19)28-24(30)21-14-32-29-16(21)2/h8-14,19,23H,4-7H2,1-3H3,(H,27,31)(H,28,30)/t23-/m0/s1. The predicted molar refractivity (Wildman–Crippen MR) is 122 cm³/mol. The van der Waals surface area contributed by atoms with E-state index in [1.807, 2.05) is 37.3 Å². The van der Waals surface area contributed by atoms with E-state index in [1.54, 1.807) is 13.1 Å². The molecule has 2 heterocycles. The third-order valence-electron chi connectivity index (χ3n) is 6.22. The van der Waals surface area contributed by atoms with Crippen LogP contribution in [-0.2, 0) is 4.79 Å². The number of pyridine rings is 1. The first kappa shape index (κ1) is 21.7. The Morgan fingerprint density at radius 2 is 1.75 bits per heavy atom. The number of amides is 2. The van der Waals surface area contributed by atoms with Crippen LogP contribution in [0.5, 0.6) is 0 Å². The zero-order valence-electron chi connectivity index (χ0n) is 18.6. The monoisotopic (exact) mass is 432 g/mol. The molecular formula is C25H28N4O3. The Morgan fingerprint density at radius 1 is 1.03 bits per heavy atom. The summed E-state index contributed by atoms with van der Waals surface area (Å²) in [6, 6.07) is 9.12. The molecule has 1 aliphatic rings. The summed E-state index contributed by atoms with van der Waals surface area (Å²) in [6.07, 6.45) is 7.08. The Labute approximate surface area is 187 Å². The van der Waals surface area contributed by atoms with Gasteiger partial charge in [0.15, 0.2) is 0 Å². The Kier molecular flexibility index (Phi) is 6.35. The van der Waals surface area contributed by atoms with Crippen LogP contribution in [0.2, 0.25) is 0 Å². The lowest BCUT2D eigenvalue weighted by molar-refractivity contribution is -0.119. The molecule has 0 unspecified atom stereocenters. The van der Waals surface area contributed by atoms with Crippen molar-refractivity contribution in [1.82, 2.24) is 15.5 Å². The molecule has 2 N–H and O–H groups in total. The number of carbonyl (C=O) groups is 2. The summed E-state index contributed by atoms with van der Waals surface area (Å²) in [6.45, 7) is 5.76. The number of anilines is 1. The van der Waals surface area contributed by atoms with Gasteiger partial charge in [-0.3, -0.25) is 14.6 Å². The van der Waals surface area contributed by atoms with Crippen LogP contribution in [0.1, 0.15) is 53.0 Å². The highest BCUT2D eigenvalue weighted by Crippen LogP contribution is 2.30. The maximum Gasteiger partial charge on any atom is 0.257 e. The zero-order chi connectivity index (χ0) is 22.7. The fourth-order valence-electron chi connectivity index (χ4n) is 4.49. The van der Waals surface area contributed by atoms with Crippen molar-refractivity contribution in [2.45, 2.75) is 52.5 Å². The number of rotatable bonds is 6. The number of benzene rings is 1. The van der Waals surface area contributed by atoms with Crippen LogP contribution in [0.3, 0.4) is 0 Å². The molecule has 32 heavy (non-hydrogen) atoms. The number of nitrogens with zero attached hydrogens (tertiary/aromatic N) is 2. The minimum absolute atomic E-state index is 0.110. The van der Waals surface area contributed by atoms with Gasteiger partial charge in [0.1, 0.15) is 17.9 Å². The average molecular weight is 433 g/mol. The van der Waals surface area contributed by atoms with Crippen molar-refractivity contribution in [2.75, 3.05) is 5.32 Å². The minimum Gasteiger partial charge on any atom is -0.364 e. The number of aromatic nitrogens is 2. The molecule has 2 aromatic heterocycles. The summed E-state index contributed by atoms with van der Waals surface area (Å²) in [5.74, 6) is -0.436. The van der Waals surface area contributed by atoms with Gasteiger partial charge in [0.05, 0.1) is 5.69 Å². The largest absolute Gasteiger partial charge is 0.364 e. The molecule has 0 saturated heterocycles. The summed E-state index contributed by atoms with van der Waals surface area (Å²) >= 11 is 0. The van der Waals surface area contributed by atoms with Crippen LogP contribution < -0.4 is 10.6 Å². The van der Waals surface area contributed by atoms with E-state index < -0.39 is 6.04 Å². The van der Waals surface area contributed by atoms with E-state index in [9.17, 15) is 9.59 Å². The van der Waals surface area contributed by atoms with Crippen LogP contribution in [-0.4, -0.2) is 28.0 Å². The van der Waals surface area contributed by atoms with Crippen molar-refractivity contribution in [3.05, 3.63) is 65.3 Å². The summed E-state index contributed by atoms with van der Waals surface area (Å²) in [5.41, 5.74) is 5.82. The SMILES string of the molecule is Cc1ccnc(C)c1-c1ccc(NC(=O)[C@@H](NC(=O)c2conc2C)C2CCCC2)cc1. The lowest BCUT2D eigenvalue weighted by Gasteiger charge is -2.24. The van der Waals surface area contributed by atoms with E-state index in [0.717, 1.165) is 48.1 Å². The van der Waals surface area contributed by atoms with Crippen molar-refractivity contribution in [1.29, 1.82) is 0 Å². The molecule has 3 aromatic rings. The van der Waals surface area contributed by atoms with Crippen LogP contribution in [0, 0.1) is 26.7 Å². The first-order chi connectivity index (χ1) is 15.4. The second kappa shape index (κ2) is 9.34. The smallest absolute Gasteiger partial charge is 0.257 e. The summed E-state index contributed by atoms with van der Waals surface area (Å²) in [7, 11) is 0. The lowest BCUT2D eigenvalue weighted by Crippen LogP contribution is -2.48. The molecule has 0 radical (unpaired) electrons. The molecule has 0 spiro atoms. The molecule has 0 bridgehead atoms. The quantitative estimate of drug-likeness (QED) is 0.594. The molecule has 1 atom stereocenters. The average Bonchev–Trinajstić information content (AvgIpc) is 3.45. The van der Waals surface area contributed by atoms with E-state index in [2.05, 4.69) is 27.7 Å². The van der Waals surface area contributed by atoms with Crippen LogP contribution in [0.25, 0.3) is 11.1 Å². The second-order valence-corrected chi connectivity index (χ2v) is 8.46. The Morgan fingerprint density at radius 3 is 2.38 bits per heavy atom. The van der Waals surface area contributed by atoms with Gasteiger partial charge in [-0.1, -0.05) is 30.1 Å². The van der Waals surface area contributed by atoms with Gasteiger partial charge >= 0.3 is 0 Å². The molecule has 1 saturated carbocycles. The molecule has 7 heteroatoms. The molecule has 1 aliphatic carbocycles. The van der Waals surface area contributed by atoms with Gasteiger partial charge in [0.2, 0.25) is 5.91 Å². The van der Waals surface area contributed by atoms with Crippen LogP contribution in [0.4, 0.5) is 5.69 Å². The van der Waals surface area contributed by atoms with Crippen LogP contribution >= 0.6 is 0 Å². The number of hydrogen-bond donors (Lipinski definition) is 2. The van der Waals surface area contributed by atoms with Gasteiger partial charge in [-0.2, -0.15) is 0 Å². The lowest BCUT2D eigenvalue weighted by atomic mass is 9.96. The first-order valence-electron chi connectivity index (χ1n) is 11.0. The molecular weight excluding hydrogens is 404 g/mol. The molecule has 1 aromatic carbocycles. The van der Waals surface area contributed by atoms with Gasteiger partial charge in [-0.15, -0.1) is 0 Å². The van der Waals surface area contributed by atoms with E-state index in [-0.39, 0.29) is 17.7 Å². The highest BCUT2D eigenvalue weighted by Gasteiger charge is 2.33. The fourth-order valence-corrected chi connectivity index (χ4v) is 4.49. The minimum atomic E-state index is -0.609. The summed E-state index contributed by atoms with van der Waals surface area (Å²) in [4.78, 5) is 30.3. The molecule has 4 rings (SSSR count). The number of aryl methyl sites for hydroxylation is 3. The summed E-state index contributed by atoms with van der Waals surface area (Å²) < 4.78 is 4.88. The van der Waals surface area contributed by atoms with Crippen LogP contribution in [0.15, 0.2) is 47.3 Å². The second-order valence-electron chi connectivity index (χ2n) is 8.46. The van der Waals surface area contributed by atoms with Crippen molar-refractivity contribution in [3.63, 3.8) is 0 Å². The predicted octanol–water partition coefficient (Wildman–Crippen LogP) is 4.59. The highest BCUT2D eigenvalue weighted by molar-refractivity contribution is 6.01. The van der Waals surface area contributed by atoms with Gasteiger partial charge in [0.25, 0.3) is 5.91 Å². The van der Waals surface area contributed by atoms with Gasteiger partial charge in [0, 0.05) is 23.1 Å².